The molecule has 3 aromatic heterocycles. The highest BCUT2D eigenvalue weighted by molar-refractivity contribution is 6.14. The van der Waals surface area contributed by atoms with E-state index in [2.05, 4.69) is 30.2 Å². The molecular weight excluding hydrogens is 399 g/mol. The molecule has 0 amide bonds. The molecule has 31 heavy (non-hydrogen) atoms. The molecule has 1 aliphatic heterocycles. The zero-order chi connectivity index (χ0) is 21.5. The van der Waals surface area contributed by atoms with Gasteiger partial charge in [-0.1, -0.05) is 0 Å². The Kier molecular flexibility index (Phi) is 4.78. The summed E-state index contributed by atoms with van der Waals surface area (Å²) in [6.45, 7) is 3.30. The Morgan fingerprint density at radius 2 is 1.94 bits per heavy atom. The molecule has 1 fully saturated rings. The maximum atomic E-state index is 14.4. The van der Waals surface area contributed by atoms with Crippen LogP contribution in [-0.2, 0) is 0 Å². The van der Waals surface area contributed by atoms with Crippen LogP contribution in [0.15, 0.2) is 24.5 Å². The van der Waals surface area contributed by atoms with E-state index in [1.165, 1.54) is 12.1 Å². The molecule has 1 aliphatic rings. The molecule has 0 spiro atoms. The summed E-state index contributed by atoms with van der Waals surface area (Å²) >= 11 is 0. The van der Waals surface area contributed by atoms with Crippen LogP contribution < -0.4 is 20.7 Å². The number of benzene rings is 1. The number of hydrogen-bond donors (Lipinski definition) is 3. The maximum Gasteiger partial charge on any atom is 0.326 e. The summed E-state index contributed by atoms with van der Waals surface area (Å²) in [6.07, 6.45) is 4.86. The van der Waals surface area contributed by atoms with E-state index in [1.54, 1.807) is 26.4 Å². The number of piperidine rings is 1. The van der Waals surface area contributed by atoms with Gasteiger partial charge in [-0.05, 0) is 31.9 Å². The van der Waals surface area contributed by atoms with E-state index >= 15 is 0 Å². The van der Waals surface area contributed by atoms with E-state index in [9.17, 15) is 4.39 Å². The van der Waals surface area contributed by atoms with Crippen LogP contribution in [0, 0.1) is 12.7 Å². The lowest BCUT2D eigenvalue weighted by molar-refractivity contribution is 0.437. The Balaban J connectivity index is 1.69. The van der Waals surface area contributed by atoms with Crippen molar-refractivity contribution in [2.45, 2.75) is 25.8 Å². The molecule has 1 aromatic carbocycles. The lowest BCUT2D eigenvalue weighted by Crippen LogP contribution is -2.40. The lowest BCUT2D eigenvalue weighted by Gasteiger charge is -2.31. The molecule has 5 rings (SSSR count). The van der Waals surface area contributed by atoms with Gasteiger partial charge >= 0.3 is 6.01 Å². The first-order valence-electron chi connectivity index (χ1n) is 10.2. The van der Waals surface area contributed by atoms with Gasteiger partial charge in [0.05, 0.1) is 29.0 Å². The summed E-state index contributed by atoms with van der Waals surface area (Å²) in [5.74, 6) is 1.45. The summed E-state index contributed by atoms with van der Waals surface area (Å²) in [6, 6.07) is 3.30. The fourth-order valence-corrected chi connectivity index (χ4v) is 3.95. The third kappa shape index (κ3) is 3.59. The molecule has 1 saturated heterocycles. The van der Waals surface area contributed by atoms with Crippen molar-refractivity contribution in [3.05, 3.63) is 36.2 Å². The van der Waals surface area contributed by atoms with Crippen molar-refractivity contribution < 1.29 is 9.13 Å². The molecule has 0 aliphatic carbocycles. The maximum absolute atomic E-state index is 14.4. The van der Waals surface area contributed by atoms with Crippen molar-refractivity contribution in [3.8, 4) is 11.8 Å². The van der Waals surface area contributed by atoms with E-state index in [0.717, 1.165) is 42.2 Å². The van der Waals surface area contributed by atoms with Gasteiger partial charge in [-0.2, -0.15) is 9.97 Å². The number of nitrogens with zero attached hydrogens (tertiary/aromatic N) is 5. The second-order valence-corrected chi connectivity index (χ2v) is 7.70. The minimum absolute atomic E-state index is 0.169. The molecule has 0 radical (unpaired) electrons. The van der Waals surface area contributed by atoms with E-state index in [1.807, 2.05) is 0 Å². The number of ether oxygens (including phenoxy) is 1. The van der Waals surface area contributed by atoms with Gasteiger partial charge < -0.3 is 25.7 Å². The van der Waals surface area contributed by atoms with Crippen molar-refractivity contribution in [1.82, 2.24) is 24.9 Å². The van der Waals surface area contributed by atoms with Crippen LogP contribution in [0.4, 0.5) is 15.9 Å². The molecular formula is C21H23FN8O. The van der Waals surface area contributed by atoms with Crippen molar-refractivity contribution in [2.24, 2.45) is 5.73 Å². The quantitative estimate of drug-likeness (QED) is 0.459. The van der Waals surface area contributed by atoms with Crippen molar-refractivity contribution in [1.29, 1.82) is 0 Å². The van der Waals surface area contributed by atoms with Crippen LogP contribution in [-0.4, -0.2) is 51.1 Å². The van der Waals surface area contributed by atoms with Crippen LogP contribution in [0.1, 0.15) is 18.7 Å². The second kappa shape index (κ2) is 7.62. The number of halogens is 1. The number of anilines is 2. The SMILES string of the molecule is CNc1cc(F)cc2c1[nH]c1nc(Oc3cnc(C)nc3)nc(N3CCC(N)CC3)c12. The first kappa shape index (κ1) is 19.4. The van der Waals surface area contributed by atoms with Crippen LogP contribution in [0.3, 0.4) is 0 Å². The lowest BCUT2D eigenvalue weighted by atomic mass is 10.1. The van der Waals surface area contributed by atoms with Crippen LogP contribution in [0.2, 0.25) is 0 Å². The van der Waals surface area contributed by atoms with Crippen LogP contribution in [0.25, 0.3) is 21.9 Å². The molecule has 10 heteroatoms. The van der Waals surface area contributed by atoms with Gasteiger partial charge in [0.15, 0.2) is 5.75 Å². The molecule has 160 valence electrons. The normalized spacial score (nSPS) is 15.0. The van der Waals surface area contributed by atoms with Crippen molar-refractivity contribution in [2.75, 3.05) is 30.4 Å². The number of nitrogens with two attached hydrogens (primary N) is 1. The summed E-state index contributed by atoms with van der Waals surface area (Å²) < 4.78 is 20.2. The first-order valence-corrected chi connectivity index (χ1v) is 10.2. The third-order valence-corrected chi connectivity index (χ3v) is 5.56. The average Bonchev–Trinajstić information content (AvgIpc) is 3.13. The average molecular weight is 422 g/mol. The number of aromatic amines is 1. The van der Waals surface area contributed by atoms with Gasteiger partial charge in [0, 0.05) is 31.6 Å². The largest absolute Gasteiger partial charge is 0.421 e. The molecule has 4 heterocycles. The number of nitrogens with one attached hydrogen (secondary N) is 2. The van der Waals surface area contributed by atoms with Gasteiger partial charge in [0.25, 0.3) is 0 Å². The fraction of sp³-hybridized carbons (Fsp3) is 0.333. The number of aromatic nitrogens is 5. The molecule has 4 aromatic rings. The molecule has 9 nitrogen and oxygen atoms in total. The topological polar surface area (TPSA) is 118 Å². The third-order valence-electron chi connectivity index (χ3n) is 5.56. The minimum atomic E-state index is -0.332. The number of hydrogen-bond acceptors (Lipinski definition) is 8. The number of H-pyrrole nitrogens is 1. The Morgan fingerprint density at radius 3 is 2.65 bits per heavy atom. The zero-order valence-corrected chi connectivity index (χ0v) is 17.3. The number of rotatable bonds is 4. The highest BCUT2D eigenvalue weighted by Crippen LogP contribution is 2.37. The summed E-state index contributed by atoms with van der Waals surface area (Å²) in [5.41, 5.74) is 8.08. The van der Waals surface area contributed by atoms with E-state index in [-0.39, 0.29) is 17.9 Å². The molecule has 0 saturated carbocycles. The standard InChI is InChI=1S/C21H23FN8O/c1-11-25-9-14(10-26-11)31-21-28-19-17(20(29-21)30-5-3-13(23)4-6-30)15-7-12(22)8-16(24-2)18(15)27-19/h7-10,13,24H,3-6,23H2,1-2H3,(H,27,28,29). The van der Waals surface area contributed by atoms with Gasteiger partial charge in [0.1, 0.15) is 23.1 Å². The summed E-state index contributed by atoms with van der Waals surface area (Å²) in [4.78, 5) is 23.0. The van der Waals surface area contributed by atoms with Gasteiger partial charge in [-0.25, -0.2) is 14.4 Å². The smallest absolute Gasteiger partial charge is 0.326 e. The molecule has 0 unspecified atom stereocenters. The zero-order valence-electron chi connectivity index (χ0n) is 17.3. The highest BCUT2D eigenvalue weighted by Gasteiger charge is 2.24. The Bertz CT molecular complexity index is 1250. The predicted molar refractivity (Wildman–Crippen MR) is 117 cm³/mol. The van der Waals surface area contributed by atoms with E-state index < -0.39 is 0 Å². The fourth-order valence-electron chi connectivity index (χ4n) is 3.95. The summed E-state index contributed by atoms with van der Waals surface area (Å²) in [5, 5.41) is 4.51. The van der Waals surface area contributed by atoms with E-state index in [4.69, 9.17) is 15.5 Å². The molecule has 4 N–H and O–H groups in total. The monoisotopic (exact) mass is 422 g/mol. The molecule has 0 atom stereocenters. The Labute approximate surface area is 177 Å². The van der Waals surface area contributed by atoms with Crippen molar-refractivity contribution in [3.63, 3.8) is 0 Å². The van der Waals surface area contributed by atoms with E-state index in [0.29, 0.717) is 28.7 Å². The highest BCUT2D eigenvalue weighted by atomic mass is 19.1. The number of fused-ring (bicyclic) bond motifs is 3. The number of aryl methyl sites for hydroxylation is 1. The Morgan fingerprint density at radius 1 is 1.19 bits per heavy atom. The van der Waals surface area contributed by atoms with Crippen LogP contribution in [0.5, 0.6) is 11.8 Å². The predicted octanol–water partition coefficient (Wildman–Crippen LogP) is 3.11. The second-order valence-electron chi connectivity index (χ2n) is 7.70. The van der Waals surface area contributed by atoms with Crippen molar-refractivity contribution >= 4 is 33.4 Å². The summed E-state index contributed by atoms with van der Waals surface area (Å²) in [7, 11) is 1.75. The van der Waals surface area contributed by atoms with Gasteiger partial charge in [0.2, 0.25) is 0 Å². The molecule has 0 bridgehead atoms. The van der Waals surface area contributed by atoms with Crippen LogP contribution >= 0.6 is 0 Å². The Hall–Kier alpha value is -3.53. The first-order chi connectivity index (χ1) is 15.0. The minimum Gasteiger partial charge on any atom is -0.421 e. The van der Waals surface area contributed by atoms with Gasteiger partial charge in [-0.15, -0.1) is 0 Å². The van der Waals surface area contributed by atoms with Gasteiger partial charge in [-0.3, -0.25) is 0 Å².